The van der Waals surface area contributed by atoms with E-state index in [2.05, 4.69) is 65.6 Å². The number of likely N-dealkylation sites (tertiary alicyclic amines) is 1. The van der Waals surface area contributed by atoms with Gasteiger partial charge in [-0.15, -0.1) is 0 Å². The van der Waals surface area contributed by atoms with Crippen molar-refractivity contribution in [2.75, 3.05) is 23.0 Å². The molecule has 8 nitrogen and oxygen atoms in total. The van der Waals surface area contributed by atoms with Crippen molar-refractivity contribution < 1.29 is 13.9 Å². The number of amides is 1. The Morgan fingerprint density at radius 3 is 2.27 bits per heavy atom. The number of rotatable bonds is 6. The van der Waals surface area contributed by atoms with Crippen LogP contribution < -0.4 is 16.0 Å². The summed E-state index contributed by atoms with van der Waals surface area (Å²) in [7, 11) is 2.14. The van der Waals surface area contributed by atoms with E-state index in [9.17, 15) is 9.18 Å². The molecule has 0 spiro atoms. The van der Waals surface area contributed by atoms with Crippen LogP contribution in [0, 0.1) is 5.82 Å². The predicted octanol–water partition coefficient (Wildman–Crippen LogP) is 5.38. The Bertz CT molecular complexity index is 959. The highest BCUT2D eigenvalue weighted by Gasteiger charge is 2.43. The van der Waals surface area contributed by atoms with Crippen LogP contribution in [0.4, 0.5) is 32.3 Å². The fourth-order valence-electron chi connectivity index (χ4n) is 4.32. The maximum Gasteiger partial charge on any atom is 0.411 e. The van der Waals surface area contributed by atoms with E-state index in [4.69, 9.17) is 4.74 Å². The molecule has 0 unspecified atom stereocenters. The van der Waals surface area contributed by atoms with Gasteiger partial charge >= 0.3 is 6.09 Å². The molecule has 9 heteroatoms. The normalized spacial score (nSPS) is 18.1. The third-order valence-electron chi connectivity index (χ3n) is 6.12. The molecule has 0 bridgehead atoms. The molecule has 0 saturated carbocycles. The van der Waals surface area contributed by atoms with E-state index >= 15 is 0 Å². The molecule has 0 radical (unpaired) electrons. The Labute approximate surface area is 195 Å². The minimum atomic E-state index is -0.511. The highest BCUT2D eigenvalue weighted by Crippen LogP contribution is 2.38. The van der Waals surface area contributed by atoms with Crippen LogP contribution in [-0.2, 0) is 4.74 Å². The smallest absolute Gasteiger partial charge is 0.411 e. The Kier molecular flexibility index (Phi) is 7.11. The van der Waals surface area contributed by atoms with Crippen molar-refractivity contribution >= 4 is 29.2 Å². The first-order chi connectivity index (χ1) is 15.4. The van der Waals surface area contributed by atoms with Crippen LogP contribution in [0.2, 0.25) is 0 Å². The van der Waals surface area contributed by atoms with E-state index in [0.717, 1.165) is 12.8 Å². The molecule has 1 saturated heterocycles. The Hall–Kier alpha value is -2.94. The summed E-state index contributed by atoms with van der Waals surface area (Å²) in [6, 6.07) is 7.09. The maximum atomic E-state index is 14.5. The molecule has 1 amide bonds. The minimum absolute atomic E-state index is 0.0264. The zero-order chi connectivity index (χ0) is 24.4. The first kappa shape index (κ1) is 24.7. The van der Waals surface area contributed by atoms with Gasteiger partial charge in [-0.2, -0.15) is 4.98 Å². The zero-order valence-corrected chi connectivity index (χ0v) is 20.5. The number of carbonyl (C=O) groups excluding carboxylic acids is 1. The van der Waals surface area contributed by atoms with Gasteiger partial charge in [0.1, 0.15) is 0 Å². The summed E-state index contributed by atoms with van der Waals surface area (Å²) in [4.78, 5) is 22.5. The number of hydrogen-bond donors (Lipinski definition) is 3. The SMILES string of the molecule is CC(C)OC(=O)Nc1ccc(Nc2ncc(F)c(NC3CC(C)(C)N(C)C(C)(C)C3)n2)cc1. The predicted molar refractivity (Wildman–Crippen MR) is 130 cm³/mol. The lowest BCUT2D eigenvalue weighted by atomic mass is 9.77. The van der Waals surface area contributed by atoms with Gasteiger partial charge in [-0.05, 0) is 85.7 Å². The minimum Gasteiger partial charge on any atom is -0.447 e. The Balaban J connectivity index is 1.67. The van der Waals surface area contributed by atoms with Gasteiger partial charge in [0, 0.05) is 28.5 Å². The first-order valence-corrected chi connectivity index (χ1v) is 11.2. The summed E-state index contributed by atoms with van der Waals surface area (Å²) in [5.41, 5.74) is 1.25. The van der Waals surface area contributed by atoms with Crippen LogP contribution >= 0.6 is 0 Å². The first-order valence-electron chi connectivity index (χ1n) is 11.2. The number of halogens is 1. The van der Waals surface area contributed by atoms with Crippen LogP contribution in [0.3, 0.4) is 0 Å². The number of aromatic nitrogens is 2. The van der Waals surface area contributed by atoms with Crippen molar-refractivity contribution in [3.8, 4) is 0 Å². The second-order valence-electron chi connectivity index (χ2n) is 10.1. The topological polar surface area (TPSA) is 91.4 Å². The van der Waals surface area contributed by atoms with Crippen molar-refractivity contribution in [2.45, 2.75) is 77.6 Å². The van der Waals surface area contributed by atoms with Gasteiger partial charge in [-0.25, -0.2) is 14.2 Å². The quantitative estimate of drug-likeness (QED) is 0.535. The number of benzene rings is 1. The van der Waals surface area contributed by atoms with E-state index in [1.807, 2.05) is 0 Å². The van der Waals surface area contributed by atoms with Gasteiger partial charge in [0.15, 0.2) is 11.6 Å². The molecule has 1 aliphatic rings. The summed E-state index contributed by atoms with van der Waals surface area (Å²) in [5.74, 6) is -0.0213. The number of nitrogens with zero attached hydrogens (tertiary/aromatic N) is 3. The van der Waals surface area contributed by atoms with Crippen LogP contribution in [-0.4, -0.2) is 51.2 Å². The number of piperidine rings is 1. The van der Waals surface area contributed by atoms with Crippen molar-refractivity contribution in [1.29, 1.82) is 0 Å². The van der Waals surface area contributed by atoms with Crippen LogP contribution in [0.25, 0.3) is 0 Å². The second kappa shape index (κ2) is 9.51. The van der Waals surface area contributed by atoms with Gasteiger partial charge in [-0.1, -0.05) is 0 Å². The van der Waals surface area contributed by atoms with E-state index in [1.54, 1.807) is 38.1 Å². The van der Waals surface area contributed by atoms with Crippen LogP contribution in [0.15, 0.2) is 30.5 Å². The Morgan fingerprint density at radius 2 is 1.70 bits per heavy atom. The van der Waals surface area contributed by atoms with Crippen molar-refractivity contribution in [2.24, 2.45) is 0 Å². The van der Waals surface area contributed by atoms with Crippen molar-refractivity contribution in [3.63, 3.8) is 0 Å². The molecule has 180 valence electrons. The van der Waals surface area contributed by atoms with Gasteiger partial charge in [-0.3, -0.25) is 10.2 Å². The molecule has 1 fully saturated rings. The van der Waals surface area contributed by atoms with E-state index in [-0.39, 0.29) is 35.0 Å². The molecule has 0 aliphatic carbocycles. The highest BCUT2D eigenvalue weighted by atomic mass is 19.1. The van der Waals surface area contributed by atoms with E-state index < -0.39 is 11.9 Å². The zero-order valence-electron chi connectivity index (χ0n) is 20.5. The average Bonchev–Trinajstić information content (AvgIpc) is 2.69. The summed E-state index contributed by atoms with van der Waals surface area (Å²) >= 11 is 0. The molecule has 1 aromatic carbocycles. The number of anilines is 4. The molecule has 1 aromatic heterocycles. The summed E-state index contributed by atoms with van der Waals surface area (Å²) in [6.45, 7) is 12.4. The van der Waals surface area contributed by atoms with Crippen LogP contribution in [0.1, 0.15) is 54.4 Å². The van der Waals surface area contributed by atoms with Gasteiger partial charge in [0.05, 0.1) is 12.3 Å². The molecule has 2 heterocycles. The summed E-state index contributed by atoms with van der Waals surface area (Å²) in [6.07, 6.45) is 2.19. The maximum absolute atomic E-state index is 14.5. The van der Waals surface area contributed by atoms with Crippen molar-refractivity contribution in [1.82, 2.24) is 14.9 Å². The number of hydrogen-bond acceptors (Lipinski definition) is 7. The monoisotopic (exact) mass is 458 g/mol. The lowest BCUT2D eigenvalue weighted by Crippen LogP contribution is -2.61. The molecule has 0 atom stereocenters. The summed E-state index contributed by atoms with van der Waals surface area (Å²) in [5, 5.41) is 9.04. The largest absolute Gasteiger partial charge is 0.447 e. The Morgan fingerprint density at radius 1 is 1.12 bits per heavy atom. The number of nitrogens with one attached hydrogen (secondary N) is 3. The lowest BCUT2D eigenvalue weighted by molar-refractivity contribution is -0.00778. The molecule has 3 rings (SSSR count). The molecule has 3 N–H and O–H groups in total. The van der Waals surface area contributed by atoms with Gasteiger partial charge in [0.25, 0.3) is 0 Å². The second-order valence-corrected chi connectivity index (χ2v) is 10.1. The highest BCUT2D eigenvalue weighted by molar-refractivity contribution is 5.85. The average molecular weight is 459 g/mol. The molecule has 1 aliphatic heterocycles. The standard InChI is InChI=1S/C24H35FN6O2/c1-15(2)33-22(32)29-17-10-8-16(9-11-17)28-21-26-14-19(25)20(30-21)27-18-12-23(3,4)31(7)24(5,6)13-18/h8-11,14-15,18H,12-13H2,1-7H3,(H,29,32)(H2,26,27,28,30). The molecular formula is C24H35FN6O2. The summed E-state index contributed by atoms with van der Waals surface area (Å²) < 4.78 is 19.6. The molecular weight excluding hydrogens is 423 g/mol. The number of carbonyl (C=O) groups is 1. The fraction of sp³-hybridized carbons (Fsp3) is 0.542. The van der Waals surface area contributed by atoms with Gasteiger partial charge < -0.3 is 15.4 Å². The molecule has 2 aromatic rings. The van der Waals surface area contributed by atoms with Crippen molar-refractivity contribution in [3.05, 3.63) is 36.3 Å². The van der Waals surface area contributed by atoms with Crippen LogP contribution in [0.5, 0.6) is 0 Å². The lowest BCUT2D eigenvalue weighted by Gasteiger charge is -2.53. The third kappa shape index (κ3) is 6.31. The third-order valence-corrected chi connectivity index (χ3v) is 6.12. The fourth-order valence-corrected chi connectivity index (χ4v) is 4.32. The van der Waals surface area contributed by atoms with Gasteiger partial charge in [0.2, 0.25) is 5.95 Å². The van der Waals surface area contributed by atoms with E-state index in [0.29, 0.717) is 11.4 Å². The van der Waals surface area contributed by atoms with E-state index in [1.165, 1.54) is 6.20 Å². The molecule has 33 heavy (non-hydrogen) atoms. The number of ether oxygens (including phenoxy) is 1.